The second-order valence-corrected chi connectivity index (χ2v) is 4.67. The van der Waals surface area contributed by atoms with Crippen LogP contribution in [0, 0.1) is 11.3 Å². The Hall–Kier alpha value is -2.26. The molecule has 112 valence electrons. The molecule has 1 amide bonds. The predicted molar refractivity (Wildman–Crippen MR) is 77.1 cm³/mol. The molecular formula is C15H19N3O3. The molecule has 0 bridgehead atoms. The minimum atomic E-state index is -0.239. The molecule has 6 nitrogen and oxygen atoms in total. The first kappa shape index (κ1) is 15.1. The van der Waals surface area contributed by atoms with Crippen LogP contribution in [0.4, 0.5) is 0 Å². The molecule has 0 spiro atoms. The van der Waals surface area contributed by atoms with E-state index in [0.717, 1.165) is 17.9 Å². The fourth-order valence-electron chi connectivity index (χ4n) is 2.15. The van der Waals surface area contributed by atoms with Crippen LogP contribution in [0.1, 0.15) is 24.9 Å². The van der Waals surface area contributed by atoms with Crippen molar-refractivity contribution in [2.75, 3.05) is 26.3 Å². The smallest absolute Gasteiger partial charge is 0.257 e. The minimum Gasteiger partial charge on any atom is -0.491 e. The van der Waals surface area contributed by atoms with E-state index >= 15 is 0 Å². The van der Waals surface area contributed by atoms with Crippen LogP contribution in [0.15, 0.2) is 18.2 Å². The van der Waals surface area contributed by atoms with Gasteiger partial charge in [-0.2, -0.15) is 5.26 Å². The maximum Gasteiger partial charge on any atom is 0.257 e. The molecule has 1 atom stereocenters. The standard InChI is InChI=1S/C15H19N3O3/c1-2-17-13-9-21-14-8-11(4-5-12(13)14)20-10-15(19)18-7-3-6-16/h4-5,8,13,17H,2-3,7,9-10H2,1H3,(H,18,19). The Morgan fingerprint density at radius 3 is 3.19 bits per heavy atom. The third-order valence-electron chi connectivity index (χ3n) is 3.15. The molecule has 0 fully saturated rings. The largest absolute Gasteiger partial charge is 0.491 e. The average Bonchev–Trinajstić information content (AvgIpc) is 2.88. The molecule has 0 radical (unpaired) electrons. The second kappa shape index (κ2) is 7.50. The van der Waals surface area contributed by atoms with Gasteiger partial charge in [0.05, 0.1) is 18.5 Å². The van der Waals surface area contributed by atoms with E-state index in [9.17, 15) is 4.79 Å². The van der Waals surface area contributed by atoms with Crippen LogP contribution in [0.2, 0.25) is 0 Å². The fraction of sp³-hybridized carbons (Fsp3) is 0.467. The Morgan fingerprint density at radius 2 is 2.43 bits per heavy atom. The third-order valence-corrected chi connectivity index (χ3v) is 3.15. The van der Waals surface area contributed by atoms with Crippen LogP contribution in [0.5, 0.6) is 11.5 Å². The number of carbonyl (C=O) groups excluding carboxylic acids is 1. The van der Waals surface area contributed by atoms with Crippen LogP contribution in [0.25, 0.3) is 0 Å². The lowest BCUT2D eigenvalue weighted by Gasteiger charge is -2.10. The Balaban J connectivity index is 1.86. The van der Waals surface area contributed by atoms with Crippen molar-refractivity contribution in [1.29, 1.82) is 5.26 Å². The molecule has 6 heteroatoms. The summed E-state index contributed by atoms with van der Waals surface area (Å²) in [5, 5.41) is 14.3. The lowest BCUT2D eigenvalue weighted by atomic mass is 10.1. The molecule has 1 aliphatic rings. The van der Waals surface area contributed by atoms with Crippen molar-refractivity contribution in [3.8, 4) is 17.6 Å². The maximum atomic E-state index is 11.5. The zero-order valence-electron chi connectivity index (χ0n) is 12.0. The number of nitriles is 1. The molecule has 1 aromatic rings. The Bertz CT molecular complexity index is 539. The predicted octanol–water partition coefficient (Wildman–Crippen LogP) is 1.14. The van der Waals surface area contributed by atoms with E-state index in [2.05, 4.69) is 17.6 Å². The average molecular weight is 289 g/mol. The summed E-state index contributed by atoms with van der Waals surface area (Å²) in [4.78, 5) is 11.5. The summed E-state index contributed by atoms with van der Waals surface area (Å²) in [6.07, 6.45) is 0.296. The van der Waals surface area contributed by atoms with Crippen molar-refractivity contribution in [3.63, 3.8) is 0 Å². The molecule has 0 aromatic heterocycles. The van der Waals surface area contributed by atoms with Crippen LogP contribution in [-0.4, -0.2) is 32.2 Å². The molecule has 1 unspecified atom stereocenters. The number of fused-ring (bicyclic) bond motifs is 1. The molecule has 21 heavy (non-hydrogen) atoms. The number of ether oxygens (including phenoxy) is 2. The van der Waals surface area contributed by atoms with Crippen LogP contribution in [0.3, 0.4) is 0 Å². The van der Waals surface area contributed by atoms with Gasteiger partial charge in [0, 0.05) is 18.2 Å². The lowest BCUT2D eigenvalue weighted by Crippen LogP contribution is -2.29. The SMILES string of the molecule is CCNC1COc2cc(OCC(=O)NCCC#N)ccc21. The Kier molecular flexibility index (Phi) is 5.41. The summed E-state index contributed by atoms with van der Waals surface area (Å²) >= 11 is 0. The van der Waals surface area contributed by atoms with E-state index in [4.69, 9.17) is 14.7 Å². The van der Waals surface area contributed by atoms with Crippen molar-refractivity contribution in [1.82, 2.24) is 10.6 Å². The van der Waals surface area contributed by atoms with Gasteiger partial charge in [0.15, 0.2) is 6.61 Å². The first-order chi connectivity index (χ1) is 10.2. The number of hydrogen-bond acceptors (Lipinski definition) is 5. The molecule has 0 saturated heterocycles. The van der Waals surface area contributed by atoms with Crippen molar-refractivity contribution in [2.45, 2.75) is 19.4 Å². The van der Waals surface area contributed by atoms with Gasteiger partial charge in [-0.05, 0) is 18.7 Å². The van der Waals surface area contributed by atoms with Gasteiger partial charge >= 0.3 is 0 Å². The number of carbonyl (C=O) groups is 1. The van der Waals surface area contributed by atoms with E-state index in [-0.39, 0.29) is 18.6 Å². The van der Waals surface area contributed by atoms with Gasteiger partial charge in [-0.3, -0.25) is 4.79 Å². The first-order valence-corrected chi connectivity index (χ1v) is 7.01. The van der Waals surface area contributed by atoms with E-state index in [1.165, 1.54) is 0 Å². The van der Waals surface area contributed by atoms with Gasteiger partial charge in [0.1, 0.15) is 18.1 Å². The first-order valence-electron chi connectivity index (χ1n) is 7.01. The zero-order chi connectivity index (χ0) is 15.1. The molecule has 2 rings (SSSR count). The highest BCUT2D eigenvalue weighted by atomic mass is 16.5. The van der Waals surface area contributed by atoms with E-state index in [1.54, 1.807) is 6.07 Å². The minimum absolute atomic E-state index is 0.0686. The summed E-state index contributed by atoms with van der Waals surface area (Å²) in [6.45, 7) is 3.83. The Labute approximate surface area is 124 Å². The highest BCUT2D eigenvalue weighted by Gasteiger charge is 2.23. The molecule has 1 aromatic carbocycles. The highest BCUT2D eigenvalue weighted by molar-refractivity contribution is 5.77. The monoisotopic (exact) mass is 289 g/mol. The van der Waals surface area contributed by atoms with E-state index < -0.39 is 0 Å². The third kappa shape index (κ3) is 4.10. The van der Waals surface area contributed by atoms with Crippen LogP contribution < -0.4 is 20.1 Å². The molecule has 1 heterocycles. The number of benzene rings is 1. The molecule has 0 saturated carbocycles. The normalized spacial score (nSPS) is 15.7. The molecule has 1 aliphatic heterocycles. The van der Waals surface area contributed by atoms with Crippen molar-refractivity contribution >= 4 is 5.91 Å². The number of hydrogen-bond donors (Lipinski definition) is 2. The van der Waals surface area contributed by atoms with Gasteiger partial charge in [0.2, 0.25) is 0 Å². The number of nitrogens with one attached hydrogen (secondary N) is 2. The second-order valence-electron chi connectivity index (χ2n) is 4.67. The van der Waals surface area contributed by atoms with Gasteiger partial charge in [-0.15, -0.1) is 0 Å². The van der Waals surface area contributed by atoms with Crippen molar-refractivity contribution < 1.29 is 14.3 Å². The summed E-state index contributed by atoms with van der Waals surface area (Å²) < 4.78 is 11.0. The summed E-state index contributed by atoms with van der Waals surface area (Å²) in [5.74, 6) is 1.15. The van der Waals surface area contributed by atoms with Crippen molar-refractivity contribution in [2.24, 2.45) is 0 Å². The number of rotatable bonds is 7. The molecular weight excluding hydrogens is 270 g/mol. The highest BCUT2D eigenvalue weighted by Crippen LogP contribution is 2.35. The van der Waals surface area contributed by atoms with Gasteiger partial charge in [-0.25, -0.2) is 0 Å². The molecule has 0 aliphatic carbocycles. The topological polar surface area (TPSA) is 83.4 Å². The number of amides is 1. The van der Waals surface area contributed by atoms with Crippen LogP contribution >= 0.6 is 0 Å². The summed E-state index contributed by atoms with van der Waals surface area (Å²) in [5.41, 5.74) is 1.11. The summed E-state index contributed by atoms with van der Waals surface area (Å²) in [7, 11) is 0. The number of likely N-dealkylation sites (N-methyl/N-ethyl adjacent to an activating group) is 1. The summed E-state index contributed by atoms with van der Waals surface area (Å²) in [6, 6.07) is 7.77. The fourth-order valence-corrected chi connectivity index (χ4v) is 2.15. The van der Waals surface area contributed by atoms with E-state index in [1.807, 2.05) is 18.2 Å². The Morgan fingerprint density at radius 1 is 1.57 bits per heavy atom. The van der Waals surface area contributed by atoms with Gasteiger partial charge in [-0.1, -0.05) is 6.92 Å². The quantitative estimate of drug-likeness (QED) is 0.735. The van der Waals surface area contributed by atoms with E-state index in [0.29, 0.717) is 25.3 Å². The maximum absolute atomic E-state index is 11.5. The van der Waals surface area contributed by atoms with Crippen LogP contribution in [-0.2, 0) is 4.79 Å². The molecule has 2 N–H and O–H groups in total. The number of nitrogens with zero attached hydrogens (tertiary/aromatic N) is 1. The van der Waals surface area contributed by atoms with Gasteiger partial charge < -0.3 is 20.1 Å². The van der Waals surface area contributed by atoms with Gasteiger partial charge in [0.25, 0.3) is 5.91 Å². The van der Waals surface area contributed by atoms with Crippen molar-refractivity contribution in [3.05, 3.63) is 23.8 Å². The zero-order valence-corrected chi connectivity index (χ0v) is 12.0. The lowest BCUT2D eigenvalue weighted by molar-refractivity contribution is -0.123.